The monoisotopic (exact) mass is 321 g/mol. The van der Waals surface area contributed by atoms with E-state index in [0.717, 1.165) is 5.56 Å². The van der Waals surface area contributed by atoms with Crippen molar-refractivity contribution in [1.29, 1.82) is 0 Å². The molecule has 0 bridgehead atoms. The summed E-state index contributed by atoms with van der Waals surface area (Å²) in [6.07, 6.45) is 1.17. The van der Waals surface area contributed by atoms with Gasteiger partial charge in [0.25, 0.3) is 5.91 Å². The molecule has 0 saturated heterocycles. The van der Waals surface area contributed by atoms with Crippen molar-refractivity contribution in [1.82, 2.24) is 0 Å². The molecule has 4 rings (SSSR count). The number of para-hydroxylation sites is 1. The van der Waals surface area contributed by atoms with E-state index in [4.69, 9.17) is 0 Å². The molecule has 2 aliphatic rings. The SMILES string of the molecule is CCN1C(=O)[C@](O)([C@H]2CCc3ccccc3C2=O)c2ccccc21. The molecular formula is C20H19NO3. The van der Waals surface area contributed by atoms with Crippen LogP contribution in [0.2, 0.25) is 0 Å². The molecule has 2 atom stereocenters. The molecule has 2 aromatic carbocycles. The predicted molar refractivity (Wildman–Crippen MR) is 90.9 cm³/mol. The summed E-state index contributed by atoms with van der Waals surface area (Å²) >= 11 is 0. The minimum Gasteiger partial charge on any atom is -0.375 e. The highest BCUT2D eigenvalue weighted by Crippen LogP contribution is 2.48. The van der Waals surface area contributed by atoms with Gasteiger partial charge in [0.05, 0.1) is 11.6 Å². The third-order valence-electron chi connectivity index (χ3n) is 5.30. The lowest BCUT2D eigenvalue weighted by Gasteiger charge is -2.34. The van der Waals surface area contributed by atoms with Crippen LogP contribution in [-0.2, 0) is 16.8 Å². The van der Waals surface area contributed by atoms with Crippen LogP contribution < -0.4 is 4.90 Å². The number of likely N-dealkylation sites (N-methyl/N-ethyl adjacent to an activating group) is 1. The van der Waals surface area contributed by atoms with Gasteiger partial charge in [-0.2, -0.15) is 0 Å². The largest absolute Gasteiger partial charge is 0.375 e. The molecule has 1 heterocycles. The van der Waals surface area contributed by atoms with E-state index in [1.54, 1.807) is 23.1 Å². The van der Waals surface area contributed by atoms with E-state index in [-0.39, 0.29) is 11.7 Å². The maximum absolute atomic E-state index is 13.0. The van der Waals surface area contributed by atoms with Crippen molar-refractivity contribution in [3.05, 3.63) is 65.2 Å². The molecule has 24 heavy (non-hydrogen) atoms. The summed E-state index contributed by atoms with van der Waals surface area (Å²) < 4.78 is 0. The topological polar surface area (TPSA) is 57.6 Å². The van der Waals surface area contributed by atoms with Crippen molar-refractivity contribution in [3.8, 4) is 0 Å². The number of rotatable bonds is 2. The van der Waals surface area contributed by atoms with Crippen LogP contribution in [0.15, 0.2) is 48.5 Å². The second-order valence-corrected chi connectivity index (χ2v) is 6.45. The van der Waals surface area contributed by atoms with Crippen molar-refractivity contribution >= 4 is 17.4 Å². The Kier molecular flexibility index (Phi) is 3.32. The molecule has 1 amide bonds. The van der Waals surface area contributed by atoms with Crippen LogP contribution in [0.1, 0.15) is 34.8 Å². The van der Waals surface area contributed by atoms with Crippen molar-refractivity contribution in [3.63, 3.8) is 0 Å². The van der Waals surface area contributed by atoms with E-state index in [1.165, 1.54) is 0 Å². The Morgan fingerprint density at radius 3 is 2.62 bits per heavy atom. The summed E-state index contributed by atoms with van der Waals surface area (Å²) in [5, 5.41) is 11.4. The lowest BCUT2D eigenvalue weighted by atomic mass is 9.71. The average molecular weight is 321 g/mol. The number of fused-ring (bicyclic) bond motifs is 2. The van der Waals surface area contributed by atoms with Gasteiger partial charge in [0.2, 0.25) is 0 Å². The number of ketones is 1. The first-order valence-electron chi connectivity index (χ1n) is 8.35. The molecule has 0 fully saturated rings. The Morgan fingerprint density at radius 1 is 1.12 bits per heavy atom. The van der Waals surface area contributed by atoms with Gasteiger partial charge >= 0.3 is 0 Å². The highest BCUT2D eigenvalue weighted by Gasteiger charge is 2.57. The van der Waals surface area contributed by atoms with Crippen molar-refractivity contribution in [2.24, 2.45) is 5.92 Å². The molecule has 1 N–H and O–H groups in total. The second kappa shape index (κ2) is 5.28. The van der Waals surface area contributed by atoms with Gasteiger partial charge in [-0.3, -0.25) is 9.59 Å². The van der Waals surface area contributed by atoms with Crippen LogP contribution in [0, 0.1) is 5.92 Å². The lowest BCUT2D eigenvalue weighted by molar-refractivity contribution is -0.140. The molecule has 0 saturated carbocycles. The summed E-state index contributed by atoms with van der Waals surface area (Å²) in [5.41, 5.74) is 1.11. The summed E-state index contributed by atoms with van der Waals surface area (Å²) in [6.45, 7) is 2.34. The van der Waals surface area contributed by atoms with Crippen LogP contribution in [0.4, 0.5) is 5.69 Å². The van der Waals surface area contributed by atoms with Gasteiger partial charge in [-0.05, 0) is 31.4 Å². The number of aryl methyl sites for hydroxylation is 1. The number of Topliss-reactive ketones (excluding diaryl/α,β-unsaturated/α-hetero) is 1. The normalized spacial score (nSPS) is 25.6. The summed E-state index contributed by atoms with van der Waals surface area (Å²) in [5.74, 6) is -1.26. The van der Waals surface area contributed by atoms with Crippen LogP contribution in [0.5, 0.6) is 0 Å². The zero-order valence-electron chi connectivity index (χ0n) is 13.5. The smallest absolute Gasteiger partial charge is 0.264 e. The highest BCUT2D eigenvalue weighted by atomic mass is 16.3. The molecule has 0 aromatic heterocycles. The molecule has 0 radical (unpaired) electrons. The molecule has 122 valence electrons. The fourth-order valence-corrected chi connectivity index (χ4v) is 4.11. The van der Waals surface area contributed by atoms with Crippen LogP contribution in [0.25, 0.3) is 0 Å². The van der Waals surface area contributed by atoms with Crippen LogP contribution in [-0.4, -0.2) is 23.3 Å². The lowest BCUT2D eigenvalue weighted by Crippen LogP contribution is -2.49. The maximum atomic E-state index is 13.0. The minimum atomic E-state index is -1.77. The van der Waals surface area contributed by atoms with Gasteiger partial charge in [-0.1, -0.05) is 42.5 Å². The van der Waals surface area contributed by atoms with Crippen molar-refractivity contribution < 1.29 is 14.7 Å². The van der Waals surface area contributed by atoms with E-state index in [9.17, 15) is 14.7 Å². The van der Waals surface area contributed by atoms with E-state index >= 15 is 0 Å². The Labute approximate surface area is 140 Å². The molecule has 4 nitrogen and oxygen atoms in total. The van der Waals surface area contributed by atoms with Gasteiger partial charge in [-0.15, -0.1) is 0 Å². The minimum absolute atomic E-state index is 0.138. The zero-order chi connectivity index (χ0) is 16.9. The fourth-order valence-electron chi connectivity index (χ4n) is 4.11. The number of aliphatic hydroxyl groups is 1. The highest BCUT2D eigenvalue weighted by molar-refractivity contribution is 6.12. The first-order valence-corrected chi connectivity index (χ1v) is 8.35. The number of carbonyl (C=O) groups excluding carboxylic acids is 2. The number of nitrogens with zero attached hydrogens (tertiary/aromatic N) is 1. The van der Waals surface area contributed by atoms with E-state index in [2.05, 4.69) is 0 Å². The quantitative estimate of drug-likeness (QED) is 0.925. The third-order valence-corrected chi connectivity index (χ3v) is 5.30. The molecule has 4 heteroatoms. The molecule has 0 spiro atoms. The number of hydrogen-bond acceptors (Lipinski definition) is 3. The standard InChI is InChI=1S/C20H19NO3/c1-2-21-17-10-6-5-9-15(17)20(24,19(21)23)16-12-11-13-7-3-4-8-14(13)18(16)22/h3-10,16,24H,2,11-12H2,1H3/t16-,20+/m0/s1. The van der Waals surface area contributed by atoms with Crippen LogP contribution in [0.3, 0.4) is 0 Å². The molecule has 2 aromatic rings. The first kappa shape index (κ1) is 15.1. The van der Waals surface area contributed by atoms with Crippen molar-refractivity contribution in [2.45, 2.75) is 25.4 Å². The second-order valence-electron chi connectivity index (χ2n) is 6.45. The molecule has 1 aliphatic heterocycles. The summed E-state index contributed by atoms with van der Waals surface area (Å²) in [6, 6.07) is 14.7. The number of amides is 1. The summed E-state index contributed by atoms with van der Waals surface area (Å²) in [4.78, 5) is 27.6. The van der Waals surface area contributed by atoms with Gasteiger partial charge in [0, 0.05) is 17.7 Å². The predicted octanol–water partition coefficient (Wildman–Crippen LogP) is 2.69. The van der Waals surface area contributed by atoms with E-state index in [1.807, 2.05) is 37.3 Å². The van der Waals surface area contributed by atoms with Gasteiger partial charge in [0.1, 0.15) is 0 Å². The number of hydrogen-bond donors (Lipinski definition) is 1. The van der Waals surface area contributed by atoms with Gasteiger partial charge in [0.15, 0.2) is 11.4 Å². The maximum Gasteiger partial charge on any atom is 0.264 e. The number of carbonyl (C=O) groups is 2. The average Bonchev–Trinajstić information content (AvgIpc) is 2.84. The number of benzene rings is 2. The summed E-state index contributed by atoms with van der Waals surface area (Å²) in [7, 11) is 0. The fraction of sp³-hybridized carbons (Fsp3) is 0.300. The Morgan fingerprint density at radius 2 is 1.83 bits per heavy atom. The van der Waals surface area contributed by atoms with Crippen molar-refractivity contribution in [2.75, 3.05) is 11.4 Å². The first-order chi connectivity index (χ1) is 11.6. The van der Waals surface area contributed by atoms with E-state index in [0.29, 0.717) is 36.2 Å². The van der Waals surface area contributed by atoms with Crippen LogP contribution >= 0.6 is 0 Å². The molecular weight excluding hydrogens is 302 g/mol. The Hall–Kier alpha value is -2.46. The van der Waals surface area contributed by atoms with Gasteiger partial charge < -0.3 is 10.0 Å². The van der Waals surface area contributed by atoms with Gasteiger partial charge in [-0.25, -0.2) is 0 Å². The Balaban J connectivity index is 1.85. The Bertz CT molecular complexity index is 844. The van der Waals surface area contributed by atoms with E-state index < -0.39 is 11.5 Å². The third kappa shape index (κ3) is 1.83. The molecule has 1 aliphatic carbocycles. The zero-order valence-corrected chi connectivity index (χ0v) is 13.5. The molecule has 0 unspecified atom stereocenters. The number of anilines is 1.